The van der Waals surface area contributed by atoms with Gasteiger partial charge >= 0.3 is 0 Å². The van der Waals surface area contributed by atoms with E-state index in [9.17, 15) is 4.39 Å². The number of halogens is 1. The Hall–Kier alpha value is -2.07. The molecule has 0 aliphatic rings. The quantitative estimate of drug-likeness (QED) is 0.918. The Labute approximate surface area is 112 Å². The summed E-state index contributed by atoms with van der Waals surface area (Å²) in [6.07, 6.45) is 0. The molecular weight excluding hydrogens is 243 g/mol. The Bertz CT molecular complexity index is 555. The van der Waals surface area contributed by atoms with Crippen LogP contribution < -0.4 is 15.4 Å². The van der Waals surface area contributed by atoms with Crippen LogP contribution in [0.3, 0.4) is 0 Å². The molecule has 2 aromatic rings. The Kier molecular flexibility index (Phi) is 4.02. The highest BCUT2D eigenvalue weighted by Crippen LogP contribution is 2.26. The fourth-order valence-corrected chi connectivity index (χ4v) is 1.90. The summed E-state index contributed by atoms with van der Waals surface area (Å²) in [5, 5.41) is 0. The minimum Gasteiger partial charge on any atom is -0.497 e. The molecule has 0 aliphatic carbocycles. The van der Waals surface area contributed by atoms with E-state index in [-0.39, 0.29) is 5.82 Å². The lowest BCUT2D eigenvalue weighted by Crippen LogP contribution is -2.10. The van der Waals surface area contributed by atoms with Crippen LogP contribution in [0, 0.1) is 5.82 Å². The van der Waals surface area contributed by atoms with Crippen LogP contribution in [-0.4, -0.2) is 14.2 Å². The van der Waals surface area contributed by atoms with E-state index in [1.54, 1.807) is 7.11 Å². The molecule has 0 saturated carbocycles. The number of hydrogen-bond donors (Lipinski definition) is 1. The van der Waals surface area contributed by atoms with Gasteiger partial charge in [-0.3, -0.25) is 0 Å². The smallest absolute Gasteiger partial charge is 0.125 e. The highest BCUT2D eigenvalue weighted by Gasteiger charge is 2.07. The van der Waals surface area contributed by atoms with Gasteiger partial charge in [0, 0.05) is 25.0 Å². The third kappa shape index (κ3) is 3.03. The first-order valence-electron chi connectivity index (χ1n) is 6.01. The first-order valence-corrected chi connectivity index (χ1v) is 6.01. The summed E-state index contributed by atoms with van der Waals surface area (Å²) in [6.45, 7) is 0.321. The van der Waals surface area contributed by atoms with Gasteiger partial charge in [0.2, 0.25) is 0 Å². The van der Waals surface area contributed by atoms with Crippen molar-refractivity contribution in [2.45, 2.75) is 6.54 Å². The van der Waals surface area contributed by atoms with E-state index in [2.05, 4.69) is 0 Å². The zero-order chi connectivity index (χ0) is 13.8. The highest BCUT2D eigenvalue weighted by molar-refractivity contribution is 5.63. The van der Waals surface area contributed by atoms with Crippen molar-refractivity contribution in [3.05, 3.63) is 53.8 Å². The zero-order valence-electron chi connectivity index (χ0n) is 11.1. The van der Waals surface area contributed by atoms with Crippen LogP contribution in [0.5, 0.6) is 5.75 Å². The molecule has 3 nitrogen and oxygen atoms in total. The maximum Gasteiger partial charge on any atom is 0.125 e. The molecule has 4 heteroatoms. The number of nitrogens with two attached hydrogens (primary N) is 1. The Balaban J connectivity index is 2.31. The number of rotatable bonds is 4. The Morgan fingerprint density at radius 2 is 1.79 bits per heavy atom. The monoisotopic (exact) mass is 260 g/mol. The first-order chi connectivity index (χ1) is 9.13. The fourth-order valence-electron chi connectivity index (χ4n) is 1.90. The molecule has 0 amide bonds. The van der Waals surface area contributed by atoms with Crippen LogP contribution in [-0.2, 0) is 6.54 Å². The lowest BCUT2D eigenvalue weighted by atomic mass is 10.1. The molecule has 0 unspecified atom stereocenters. The van der Waals surface area contributed by atoms with Crippen LogP contribution >= 0.6 is 0 Å². The van der Waals surface area contributed by atoms with E-state index in [1.165, 1.54) is 12.1 Å². The highest BCUT2D eigenvalue weighted by atomic mass is 19.1. The van der Waals surface area contributed by atoms with E-state index in [0.717, 1.165) is 22.7 Å². The molecular formula is C15H17FN2O. The molecule has 0 aliphatic heterocycles. The lowest BCUT2D eigenvalue weighted by Gasteiger charge is -2.20. The second-order valence-electron chi connectivity index (χ2n) is 4.28. The van der Waals surface area contributed by atoms with Crippen molar-refractivity contribution in [2.75, 3.05) is 19.1 Å². The average Bonchev–Trinajstić information content (AvgIpc) is 2.46. The van der Waals surface area contributed by atoms with Crippen molar-refractivity contribution >= 4 is 11.4 Å². The summed E-state index contributed by atoms with van der Waals surface area (Å²) in [4.78, 5) is 1.90. The van der Waals surface area contributed by atoms with Crippen LogP contribution in [0.25, 0.3) is 0 Å². The molecule has 0 bridgehead atoms. The second-order valence-corrected chi connectivity index (χ2v) is 4.28. The van der Waals surface area contributed by atoms with Gasteiger partial charge in [0.25, 0.3) is 0 Å². The molecule has 2 N–H and O–H groups in total. The van der Waals surface area contributed by atoms with Crippen molar-refractivity contribution in [3.63, 3.8) is 0 Å². The third-order valence-electron chi connectivity index (χ3n) is 3.03. The number of benzene rings is 2. The summed E-state index contributed by atoms with van der Waals surface area (Å²) < 4.78 is 18.6. The zero-order valence-corrected chi connectivity index (χ0v) is 11.1. The van der Waals surface area contributed by atoms with E-state index in [1.807, 2.05) is 42.3 Å². The molecule has 0 spiro atoms. The molecule has 2 rings (SSSR count). The molecule has 100 valence electrons. The predicted molar refractivity (Wildman–Crippen MR) is 75.3 cm³/mol. The van der Waals surface area contributed by atoms with Crippen molar-refractivity contribution in [3.8, 4) is 5.75 Å². The maximum absolute atomic E-state index is 13.5. The van der Waals surface area contributed by atoms with Gasteiger partial charge in [0.05, 0.1) is 7.11 Å². The van der Waals surface area contributed by atoms with Crippen molar-refractivity contribution in [1.82, 2.24) is 0 Å². The first kappa shape index (κ1) is 13.4. The summed E-state index contributed by atoms with van der Waals surface area (Å²) in [5.74, 6) is 0.511. The standard InChI is InChI=1S/C15H17FN2O/c1-18(13-3-5-15(19-2)6-4-13)14-8-11(10-17)7-12(16)9-14/h3-9H,10,17H2,1-2H3. The van der Waals surface area contributed by atoms with Gasteiger partial charge in [-0.1, -0.05) is 0 Å². The van der Waals surface area contributed by atoms with Crippen LogP contribution in [0.2, 0.25) is 0 Å². The molecule has 0 radical (unpaired) electrons. The number of anilines is 2. The average molecular weight is 260 g/mol. The summed E-state index contributed by atoms with van der Waals surface area (Å²) in [7, 11) is 3.51. The molecule has 0 atom stereocenters. The molecule has 0 aromatic heterocycles. The van der Waals surface area contributed by atoms with Gasteiger partial charge in [-0.05, 0) is 48.0 Å². The van der Waals surface area contributed by atoms with Gasteiger partial charge in [0.1, 0.15) is 11.6 Å². The van der Waals surface area contributed by atoms with Gasteiger partial charge < -0.3 is 15.4 Å². The van der Waals surface area contributed by atoms with E-state index < -0.39 is 0 Å². The fraction of sp³-hybridized carbons (Fsp3) is 0.200. The van der Waals surface area contributed by atoms with Crippen molar-refractivity contribution in [1.29, 1.82) is 0 Å². The second kappa shape index (κ2) is 5.71. The van der Waals surface area contributed by atoms with Crippen molar-refractivity contribution < 1.29 is 9.13 Å². The maximum atomic E-state index is 13.5. The Morgan fingerprint density at radius 1 is 1.11 bits per heavy atom. The molecule has 0 heterocycles. The summed E-state index contributed by atoms with van der Waals surface area (Å²) in [5.41, 5.74) is 8.06. The minimum atomic E-state index is -0.279. The summed E-state index contributed by atoms with van der Waals surface area (Å²) in [6, 6.07) is 12.4. The number of nitrogens with zero attached hydrogens (tertiary/aromatic N) is 1. The molecule has 2 aromatic carbocycles. The van der Waals surface area contributed by atoms with Crippen LogP contribution in [0.15, 0.2) is 42.5 Å². The topological polar surface area (TPSA) is 38.5 Å². The lowest BCUT2D eigenvalue weighted by molar-refractivity contribution is 0.415. The van der Waals surface area contributed by atoms with Crippen molar-refractivity contribution in [2.24, 2.45) is 5.73 Å². The number of methoxy groups -OCH3 is 1. The van der Waals surface area contributed by atoms with Gasteiger partial charge in [-0.15, -0.1) is 0 Å². The van der Waals surface area contributed by atoms with Gasteiger partial charge in [0.15, 0.2) is 0 Å². The third-order valence-corrected chi connectivity index (χ3v) is 3.03. The SMILES string of the molecule is COc1ccc(N(C)c2cc(F)cc(CN)c2)cc1. The summed E-state index contributed by atoms with van der Waals surface area (Å²) >= 11 is 0. The van der Waals surface area contributed by atoms with E-state index >= 15 is 0 Å². The molecule has 19 heavy (non-hydrogen) atoms. The van der Waals surface area contributed by atoms with Gasteiger partial charge in [-0.2, -0.15) is 0 Å². The minimum absolute atomic E-state index is 0.279. The molecule has 0 fully saturated rings. The van der Waals surface area contributed by atoms with E-state index in [0.29, 0.717) is 6.54 Å². The van der Waals surface area contributed by atoms with Crippen LogP contribution in [0.4, 0.5) is 15.8 Å². The molecule has 0 saturated heterocycles. The number of ether oxygens (including phenoxy) is 1. The van der Waals surface area contributed by atoms with E-state index in [4.69, 9.17) is 10.5 Å². The number of hydrogen-bond acceptors (Lipinski definition) is 3. The van der Waals surface area contributed by atoms with Crippen LogP contribution in [0.1, 0.15) is 5.56 Å². The predicted octanol–water partition coefficient (Wildman–Crippen LogP) is 3.06. The largest absolute Gasteiger partial charge is 0.497 e. The Morgan fingerprint density at radius 3 is 2.37 bits per heavy atom. The van der Waals surface area contributed by atoms with Gasteiger partial charge in [-0.25, -0.2) is 4.39 Å². The normalized spacial score (nSPS) is 10.3.